The third-order valence-corrected chi connectivity index (χ3v) is 2.99. The second kappa shape index (κ2) is 6.19. The van der Waals surface area contributed by atoms with Gasteiger partial charge < -0.3 is 10.6 Å². The van der Waals surface area contributed by atoms with E-state index in [1.165, 1.54) is 19.1 Å². The van der Waals surface area contributed by atoms with E-state index >= 15 is 0 Å². The highest BCUT2D eigenvalue weighted by atomic mass is 19.1. The minimum absolute atomic E-state index is 0.101. The van der Waals surface area contributed by atoms with Crippen molar-refractivity contribution in [2.75, 3.05) is 10.6 Å². The number of amides is 1. The van der Waals surface area contributed by atoms with Gasteiger partial charge >= 0.3 is 0 Å². The molecule has 0 unspecified atom stereocenters. The first-order chi connectivity index (χ1) is 9.56. The molecule has 0 bridgehead atoms. The summed E-state index contributed by atoms with van der Waals surface area (Å²) in [6.07, 6.45) is 0. The standard InChI is InChI=1S/C16H17FN2O/c1-11-9-14(17)7-8-15(11)18-10-13-5-3-4-6-16(13)19-12(2)20/h3-9,18H,10H2,1-2H3,(H,19,20). The maximum absolute atomic E-state index is 13.0. The molecule has 104 valence electrons. The van der Waals surface area contributed by atoms with Crippen molar-refractivity contribution in [3.8, 4) is 0 Å². The highest BCUT2D eigenvalue weighted by molar-refractivity contribution is 5.89. The molecule has 3 nitrogen and oxygen atoms in total. The van der Waals surface area contributed by atoms with Crippen molar-refractivity contribution in [1.82, 2.24) is 0 Å². The Morgan fingerprint density at radius 2 is 1.90 bits per heavy atom. The van der Waals surface area contributed by atoms with Gasteiger partial charge in [0, 0.05) is 24.8 Å². The number of halogens is 1. The maximum atomic E-state index is 13.0. The molecule has 0 saturated heterocycles. The van der Waals surface area contributed by atoms with Crippen LogP contribution in [0.3, 0.4) is 0 Å². The van der Waals surface area contributed by atoms with E-state index in [9.17, 15) is 9.18 Å². The molecule has 0 aliphatic rings. The van der Waals surface area contributed by atoms with Crippen LogP contribution in [0.15, 0.2) is 42.5 Å². The van der Waals surface area contributed by atoms with Gasteiger partial charge in [0.25, 0.3) is 0 Å². The van der Waals surface area contributed by atoms with Crippen molar-refractivity contribution < 1.29 is 9.18 Å². The predicted molar refractivity (Wildman–Crippen MR) is 79.2 cm³/mol. The monoisotopic (exact) mass is 272 g/mol. The fourth-order valence-electron chi connectivity index (χ4n) is 2.00. The van der Waals surface area contributed by atoms with Gasteiger partial charge in [-0.1, -0.05) is 18.2 Å². The molecule has 0 atom stereocenters. The second-order valence-corrected chi connectivity index (χ2v) is 4.65. The first kappa shape index (κ1) is 14.1. The molecule has 2 rings (SSSR count). The lowest BCUT2D eigenvalue weighted by Crippen LogP contribution is -2.10. The molecule has 0 aliphatic carbocycles. The van der Waals surface area contributed by atoms with E-state index in [4.69, 9.17) is 0 Å². The lowest BCUT2D eigenvalue weighted by molar-refractivity contribution is -0.114. The molecule has 2 aromatic rings. The number of nitrogens with one attached hydrogen (secondary N) is 2. The Bertz CT molecular complexity index is 626. The summed E-state index contributed by atoms with van der Waals surface area (Å²) in [7, 11) is 0. The first-order valence-electron chi connectivity index (χ1n) is 6.42. The number of anilines is 2. The number of rotatable bonds is 4. The van der Waals surface area contributed by atoms with Gasteiger partial charge in [0.2, 0.25) is 5.91 Å². The van der Waals surface area contributed by atoms with Crippen LogP contribution in [-0.2, 0) is 11.3 Å². The fraction of sp³-hybridized carbons (Fsp3) is 0.188. The van der Waals surface area contributed by atoms with E-state index in [0.717, 1.165) is 22.5 Å². The van der Waals surface area contributed by atoms with E-state index in [1.54, 1.807) is 6.07 Å². The van der Waals surface area contributed by atoms with Crippen molar-refractivity contribution in [1.29, 1.82) is 0 Å². The van der Waals surface area contributed by atoms with Gasteiger partial charge in [-0.05, 0) is 42.3 Å². The van der Waals surface area contributed by atoms with E-state index in [0.29, 0.717) is 6.54 Å². The lowest BCUT2D eigenvalue weighted by atomic mass is 10.1. The zero-order valence-electron chi connectivity index (χ0n) is 11.5. The second-order valence-electron chi connectivity index (χ2n) is 4.65. The molecule has 0 heterocycles. The lowest BCUT2D eigenvalue weighted by Gasteiger charge is -2.13. The van der Waals surface area contributed by atoms with Crippen molar-refractivity contribution in [2.24, 2.45) is 0 Å². The van der Waals surface area contributed by atoms with Crippen molar-refractivity contribution in [2.45, 2.75) is 20.4 Å². The van der Waals surface area contributed by atoms with Crippen LogP contribution < -0.4 is 10.6 Å². The summed E-state index contributed by atoms with van der Waals surface area (Å²) < 4.78 is 13.0. The summed E-state index contributed by atoms with van der Waals surface area (Å²) in [6.45, 7) is 3.89. The Kier molecular flexibility index (Phi) is 4.35. The Morgan fingerprint density at radius 1 is 1.15 bits per heavy atom. The summed E-state index contributed by atoms with van der Waals surface area (Å²) >= 11 is 0. The zero-order valence-corrected chi connectivity index (χ0v) is 11.5. The summed E-state index contributed by atoms with van der Waals surface area (Å²) in [5, 5.41) is 6.05. The molecule has 0 aromatic heterocycles. The smallest absolute Gasteiger partial charge is 0.221 e. The quantitative estimate of drug-likeness (QED) is 0.891. The Balaban J connectivity index is 2.12. The number of benzene rings is 2. The Hall–Kier alpha value is -2.36. The van der Waals surface area contributed by atoms with Crippen LogP contribution in [0.5, 0.6) is 0 Å². The molecule has 0 spiro atoms. The summed E-state index contributed by atoms with van der Waals surface area (Å²) in [5.74, 6) is -0.345. The molecule has 0 radical (unpaired) electrons. The minimum atomic E-state index is -0.244. The number of aryl methyl sites for hydroxylation is 1. The highest BCUT2D eigenvalue weighted by Gasteiger charge is 2.04. The molecule has 1 amide bonds. The maximum Gasteiger partial charge on any atom is 0.221 e. The van der Waals surface area contributed by atoms with Crippen LogP contribution in [0.1, 0.15) is 18.1 Å². The highest BCUT2D eigenvalue weighted by Crippen LogP contribution is 2.20. The van der Waals surface area contributed by atoms with E-state index in [2.05, 4.69) is 10.6 Å². The zero-order chi connectivity index (χ0) is 14.5. The average Bonchev–Trinajstić information content (AvgIpc) is 2.39. The molecule has 0 saturated carbocycles. The summed E-state index contributed by atoms with van der Waals surface area (Å²) in [5.41, 5.74) is 3.49. The number of hydrogen-bond donors (Lipinski definition) is 2. The summed E-state index contributed by atoms with van der Waals surface area (Å²) in [4.78, 5) is 11.2. The normalized spacial score (nSPS) is 10.2. The molecule has 20 heavy (non-hydrogen) atoms. The topological polar surface area (TPSA) is 41.1 Å². The molecule has 0 fully saturated rings. The molecule has 4 heteroatoms. The van der Waals surface area contributed by atoms with Gasteiger partial charge in [-0.3, -0.25) is 4.79 Å². The van der Waals surface area contributed by atoms with Gasteiger partial charge in [-0.2, -0.15) is 0 Å². The largest absolute Gasteiger partial charge is 0.381 e. The third-order valence-electron chi connectivity index (χ3n) is 2.99. The van der Waals surface area contributed by atoms with Crippen molar-refractivity contribution in [3.05, 3.63) is 59.4 Å². The van der Waals surface area contributed by atoms with Crippen LogP contribution >= 0.6 is 0 Å². The Morgan fingerprint density at radius 3 is 2.60 bits per heavy atom. The third kappa shape index (κ3) is 3.57. The summed E-state index contributed by atoms with van der Waals surface area (Å²) in [6, 6.07) is 12.2. The molecule has 2 aromatic carbocycles. The van der Waals surface area contributed by atoms with Crippen LogP contribution in [0.4, 0.5) is 15.8 Å². The van der Waals surface area contributed by atoms with Crippen LogP contribution in [-0.4, -0.2) is 5.91 Å². The fourth-order valence-corrected chi connectivity index (χ4v) is 2.00. The predicted octanol–water partition coefficient (Wildman–Crippen LogP) is 3.70. The van der Waals surface area contributed by atoms with Gasteiger partial charge in [-0.15, -0.1) is 0 Å². The van der Waals surface area contributed by atoms with E-state index in [1.807, 2.05) is 31.2 Å². The van der Waals surface area contributed by atoms with Crippen molar-refractivity contribution in [3.63, 3.8) is 0 Å². The van der Waals surface area contributed by atoms with Gasteiger partial charge in [-0.25, -0.2) is 4.39 Å². The minimum Gasteiger partial charge on any atom is -0.381 e. The van der Waals surface area contributed by atoms with Crippen LogP contribution in [0.2, 0.25) is 0 Å². The van der Waals surface area contributed by atoms with E-state index in [-0.39, 0.29) is 11.7 Å². The van der Waals surface area contributed by atoms with Crippen LogP contribution in [0, 0.1) is 12.7 Å². The number of para-hydroxylation sites is 1. The first-order valence-corrected chi connectivity index (χ1v) is 6.42. The molecular weight excluding hydrogens is 255 g/mol. The van der Waals surface area contributed by atoms with Gasteiger partial charge in [0.15, 0.2) is 0 Å². The van der Waals surface area contributed by atoms with Crippen molar-refractivity contribution >= 4 is 17.3 Å². The Labute approximate surface area is 117 Å². The molecule has 2 N–H and O–H groups in total. The van der Waals surface area contributed by atoms with Gasteiger partial charge in [0.1, 0.15) is 5.82 Å². The van der Waals surface area contributed by atoms with Crippen LogP contribution in [0.25, 0.3) is 0 Å². The van der Waals surface area contributed by atoms with Gasteiger partial charge in [0.05, 0.1) is 0 Å². The SMILES string of the molecule is CC(=O)Nc1ccccc1CNc1ccc(F)cc1C. The number of carbonyl (C=O) groups excluding carboxylic acids is 1. The number of hydrogen-bond acceptors (Lipinski definition) is 2. The number of carbonyl (C=O) groups is 1. The molecular formula is C16H17FN2O. The van der Waals surface area contributed by atoms with E-state index < -0.39 is 0 Å². The molecule has 0 aliphatic heterocycles. The average molecular weight is 272 g/mol.